The smallest absolute Gasteiger partial charge is 0.339 e. The van der Waals surface area contributed by atoms with Gasteiger partial charge in [0, 0.05) is 12.1 Å². The second kappa shape index (κ2) is 6.62. The zero-order chi connectivity index (χ0) is 15.2. The molecule has 6 heteroatoms. The molecule has 108 valence electrons. The van der Waals surface area contributed by atoms with Crippen LogP contribution in [-0.4, -0.2) is 16.0 Å². The Kier molecular flexibility index (Phi) is 4.63. The first-order chi connectivity index (χ1) is 10.1. The third-order valence-corrected chi connectivity index (χ3v) is 2.87. The number of carbonyl (C=O) groups excluding carboxylic acids is 1. The lowest BCUT2D eigenvalue weighted by Crippen LogP contribution is -2.15. The van der Waals surface area contributed by atoms with Crippen LogP contribution in [0.1, 0.15) is 17.2 Å². The van der Waals surface area contributed by atoms with Gasteiger partial charge in [0.25, 0.3) is 5.69 Å². The number of nitrogens with zero attached hydrogens (tertiary/aromatic N) is 1. The summed E-state index contributed by atoms with van der Waals surface area (Å²) in [4.78, 5) is 21.7. The Balaban J connectivity index is 1.93. The number of benzene rings is 2. The van der Waals surface area contributed by atoms with Gasteiger partial charge >= 0.3 is 5.97 Å². The highest BCUT2D eigenvalue weighted by Crippen LogP contribution is 2.16. The number of non-ortho nitro benzene ring substituents is 1. The quantitative estimate of drug-likeness (QED) is 0.518. The van der Waals surface area contributed by atoms with E-state index in [0.717, 1.165) is 0 Å². The summed E-state index contributed by atoms with van der Waals surface area (Å²) in [5, 5.41) is 20.3. The van der Waals surface area contributed by atoms with E-state index < -0.39 is 17.0 Å². The number of hydrogen-bond acceptors (Lipinski definition) is 5. The van der Waals surface area contributed by atoms with Crippen LogP contribution in [0, 0.1) is 10.1 Å². The van der Waals surface area contributed by atoms with Crippen molar-refractivity contribution < 1.29 is 19.6 Å². The van der Waals surface area contributed by atoms with E-state index in [0.29, 0.717) is 11.1 Å². The number of ether oxygens (including phenoxy) is 1. The van der Waals surface area contributed by atoms with E-state index in [4.69, 9.17) is 4.74 Å². The van der Waals surface area contributed by atoms with Crippen molar-refractivity contribution in [1.29, 1.82) is 0 Å². The maximum atomic E-state index is 11.7. The van der Waals surface area contributed by atoms with Crippen LogP contribution < -0.4 is 0 Å². The van der Waals surface area contributed by atoms with Gasteiger partial charge in [0.2, 0.25) is 0 Å². The van der Waals surface area contributed by atoms with E-state index in [-0.39, 0.29) is 12.3 Å². The maximum Gasteiger partial charge on any atom is 0.339 e. The van der Waals surface area contributed by atoms with Crippen molar-refractivity contribution in [3.05, 3.63) is 75.8 Å². The number of aliphatic hydroxyl groups excluding tert-OH is 1. The van der Waals surface area contributed by atoms with Gasteiger partial charge < -0.3 is 9.84 Å². The average Bonchev–Trinajstić information content (AvgIpc) is 2.53. The summed E-state index contributed by atoms with van der Waals surface area (Å²) in [6.07, 6.45) is -1.34. The monoisotopic (exact) mass is 287 g/mol. The summed E-state index contributed by atoms with van der Waals surface area (Å²) in [7, 11) is 0. The number of esters is 1. The van der Waals surface area contributed by atoms with Crippen LogP contribution in [0.25, 0.3) is 0 Å². The first kappa shape index (κ1) is 14.7. The summed E-state index contributed by atoms with van der Waals surface area (Å²) >= 11 is 0. The molecular weight excluding hydrogens is 274 g/mol. The number of nitro benzene ring substituents is 1. The van der Waals surface area contributed by atoms with Gasteiger partial charge in [0.1, 0.15) is 6.61 Å². The zero-order valence-corrected chi connectivity index (χ0v) is 11.0. The molecule has 21 heavy (non-hydrogen) atoms. The van der Waals surface area contributed by atoms with E-state index in [2.05, 4.69) is 0 Å². The lowest BCUT2D eigenvalue weighted by atomic mass is 10.1. The SMILES string of the molecule is O=C(OCc1ccc([N+](=O)[O-])cc1)[C@H](O)c1ccccc1. The van der Waals surface area contributed by atoms with Crippen molar-refractivity contribution in [1.82, 2.24) is 0 Å². The van der Waals surface area contributed by atoms with Gasteiger partial charge in [-0.2, -0.15) is 0 Å². The van der Waals surface area contributed by atoms with Crippen LogP contribution in [0.4, 0.5) is 5.69 Å². The van der Waals surface area contributed by atoms with E-state index in [1.165, 1.54) is 24.3 Å². The molecule has 0 aliphatic heterocycles. The highest BCUT2D eigenvalue weighted by atomic mass is 16.6. The molecule has 0 amide bonds. The van der Waals surface area contributed by atoms with Gasteiger partial charge in [-0.3, -0.25) is 10.1 Å². The van der Waals surface area contributed by atoms with Gasteiger partial charge in [0.05, 0.1) is 4.92 Å². The largest absolute Gasteiger partial charge is 0.459 e. The van der Waals surface area contributed by atoms with Crippen molar-refractivity contribution >= 4 is 11.7 Å². The Morgan fingerprint density at radius 3 is 2.33 bits per heavy atom. The minimum absolute atomic E-state index is 0.0330. The molecule has 0 aliphatic rings. The van der Waals surface area contributed by atoms with Gasteiger partial charge in [-0.1, -0.05) is 30.3 Å². The molecule has 0 bridgehead atoms. The van der Waals surface area contributed by atoms with Crippen molar-refractivity contribution in [2.75, 3.05) is 0 Å². The Morgan fingerprint density at radius 2 is 1.76 bits per heavy atom. The summed E-state index contributed by atoms with van der Waals surface area (Å²) in [6, 6.07) is 14.1. The fraction of sp³-hybridized carbons (Fsp3) is 0.133. The normalized spacial score (nSPS) is 11.7. The van der Waals surface area contributed by atoms with Crippen molar-refractivity contribution in [3.8, 4) is 0 Å². The molecular formula is C15H13NO5. The van der Waals surface area contributed by atoms with Crippen molar-refractivity contribution in [2.24, 2.45) is 0 Å². The molecule has 0 radical (unpaired) electrons. The van der Waals surface area contributed by atoms with Gasteiger partial charge in [-0.05, 0) is 23.3 Å². The third-order valence-electron chi connectivity index (χ3n) is 2.87. The fourth-order valence-corrected chi connectivity index (χ4v) is 1.72. The molecule has 0 heterocycles. The molecule has 0 fully saturated rings. The lowest BCUT2D eigenvalue weighted by molar-refractivity contribution is -0.384. The molecule has 0 aliphatic carbocycles. The highest BCUT2D eigenvalue weighted by molar-refractivity contribution is 5.76. The van der Waals surface area contributed by atoms with Crippen LogP contribution in [-0.2, 0) is 16.1 Å². The van der Waals surface area contributed by atoms with Crippen LogP contribution in [0.15, 0.2) is 54.6 Å². The topological polar surface area (TPSA) is 89.7 Å². The van der Waals surface area contributed by atoms with Gasteiger partial charge in [-0.25, -0.2) is 4.79 Å². The fourth-order valence-electron chi connectivity index (χ4n) is 1.72. The molecule has 0 saturated heterocycles. The molecule has 0 saturated carbocycles. The van der Waals surface area contributed by atoms with E-state index >= 15 is 0 Å². The minimum atomic E-state index is -1.34. The highest BCUT2D eigenvalue weighted by Gasteiger charge is 2.18. The number of nitro groups is 1. The Bertz CT molecular complexity index is 624. The predicted octanol–water partition coefficient (Wildman–Crippen LogP) is 2.37. The molecule has 2 rings (SSSR count). The zero-order valence-electron chi connectivity index (χ0n) is 11.0. The molecule has 2 aromatic carbocycles. The summed E-state index contributed by atoms with van der Waals surface area (Å²) < 4.78 is 4.99. The predicted molar refractivity (Wildman–Crippen MR) is 74.3 cm³/mol. The number of hydrogen-bond donors (Lipinski definition) is 1. The average molecular weight is 287 g/mol. The summed E-state index contributed by atoms with van der Waals surface area (Å²) in [6.45, 7) is -0.0548. The first-order valence-corrected chi connectivity index (χ1v) is 6.21. The van der Waals surface area contributed by atoms with E-state index in [9.17, 15) is 20.0 Å². The van der Waals surface area contributed by atoms with Crippen molar-refractivity contribution in [2.45, 2.75) is 12.7 Å². The molecule has 1 N–H and O–H groups in total. The second-order valence-electron chi connectivity index (χ2n) is 4.34. The summed E-state index contributed by atoms with van der Waals surface area (Å²) in [5.74, 6) is -0.764. The first-order valence-electron chi connectivity index (χ1n) is 6.21. The standard InChI is InChI=1S/C15H13NO5/c17-14(12-4-2-1-3-5-12)15(18)21-10-11-6-8-13(9-7-11)16(19)20/h1-9,14,17H,10H2/t14-/m1/s1. The number of carbonyl (C=O) groups is 1. The molecule has 1 atom stereocenters. The number of rotatable bonds is 5. The molecule has 0 unspecified atom stereocenters. The Hall–Kier alpha value is -2.73. The van der Waals surface area contributed by atoms with Crippen LogP contribution in [0.5, 0.6) is 0 Å². The van der Waals surface area contributed by atoms with Gasteiger partial charge in [-0.15, -0.1) is 0 Å². The maximum absolute atomic E-state index is 11.7. The number of aliphatic hydroxyl groups is 1. The third kappa shape index (κ3) is 3.87. The van der Waals surface area contributed by atoms with Crippen molar-refractivity contribution in [3.63, 3.8) is 0 Å². The minimum Gasteiger partial charge on any atom is -0.459 e. The van der Waals surface area contributed by atoms with Gasteiger partial charge in [0.15, 0.2) is 6.10 Å². The molecule has 2 aromatic rings. The van der Waals surface area contributed by atoms with Crippen LogP contribution >= 0.6 is 0 Å². The lowest BCUT2D eigenvalue weighted by Gasteiger charge is -2.10. The molecule has 0 spiro atoms. The van der Waals surface area contributed by atoms with E-state index in [1.807, 2.05) is 0 Å². The van der Waals surface area contributed by atoms with Crippen LogP contribution in [0.3, 0.4) is 0 Å². The Morgan fingerprint density at radius 1 is 1.14 bits per heavy atom. The molecule has 0 aromatic heterocycles. The van der Waals surface area contributed by atoms with E-state index in [1.54, 1.807) is 30.3 Å². The molecule has 6 nitrogen and oxygen atoms in total. The summed E-state index contributed by atoms with van der Waals surface area (Å²) in [5.41, 5.74) is 1.02. The second-order valence-corrected chi connectivity index (χ2v) is 4.34. The van der Waals surface area contributed by atoms with Crippen LogP contribution in [0.2, 0.25) is 0 Å². The Labute approximate surface area is 120 Å².